The number of benzene rings is 1. The fourth-order valence-corrected chi connectivity index (χ4v) is 3.83. The highest BCUT2D eigenvalue weighted by atomic mass is 16.7. The van der Waals surface area contributed by atoms with E-state index in [0.717, 1.165) is 11.5 Å². The molecular weight excluding hydrogens is 330 g/mol. The topological polar surface area (TPSA) is 49.0 Å². The van der Waals surface area contributed by atoms with Gasteiger partial charge in [-0.15, -0.1) is 0 Å². The highest BCUT2D eigenvalue weighted by Crippen LogP contribution is 2.37. The maximum atomic E-state index is 5.71. The molecule has 148 valence electrons. The van der Waals surface area contributed by atoms with Crippen LogP contribution in [-0.2, 0) is 9.47 Å². The molecule has 0 aromatic heterocycles. The Kier molecular flexibility index (Phi) is 9.23. The lowest BCUT2D eigenvalue weighted by Crippen LogP contribution is -2.37. The number of hydrogen-bond acceptors (Lipinski definition) is 5. The fraction of sp³-hybridized carbons (Fsp3) is 0.714. The van der Waals surface area contributed by atoms with E-state index in [1.54, 1.807) is 14.2 Å². The van der Waals surface area contributed by atoms with Crippen LogP contribution in [0.2, 0.25) is 0 Å². The summed E-state index contributed by atoms with van der Waals surface area (Å²) in [6, 6.07) is 6.50. The van der Waals surface area contributed by atoms with Gasteiger partial charge in [0.05, 0.1) is 14.2 Å². The van der Waals surface area contributed by atoms with E-state index in [2.05, 4.69) is 17.4 Å². The maximum Gasteiger partial charge on any atom is 0.169 e. The van der Waals surface area contributed by atoms with E-state index in [-0.39, 0.29) is 12.3 Å². The number of methoxy groups -OCH3 is 2. The largest absolute Gasteiger partial charge is 0.493 e. The summed E-state index contributed by atoms with van der Waals surface area (Å²) < 4.78 is 22.3. The van der Waals surface area contributed by atoms with Crippen molar-refractivity contribution in [1.29, 1.82) is 0 Å². The smallest absolute Gasteiger partial charge is 0.169 e. The molecule has 0 bridgehead atoms. The number of ether oxygens (including phenoxy) is 4. The molecule has 2 rings (SSSR count). The molecule has 1 atom stereocenters. The zero-order valence-electron chi connectivity index (χ0n) is 16.8. The minimum absolute atomic E-state index is 0.212. The first kappa shape index (κ1) is 21.0. The summed E-state index contributed by atoms with van der Waals surface area (Å²) in [5, 5.41) is 3.72. The Morgan fingerprint density at radius 3 is 2.19 bits per heavy atom. The van der Waals surface area contributed by atoms with Crippen LogP contribution in [0, 0.1) is 5.92 Å². The molecule has 1 aliphatic carbocycles. The normalized spacial score (nSPS) is 16.7. The van der Waals surface area contributed by atoms with Crippen LogP contribution in [0.5, 0.6) is 11.5 Å². The van der Waals surface area contributed by atoms with E-state index in [1.165, 1.54) is 37.7 Å². The number of hydrogen-bond donors (Lipinski definition) is 1. The van der Waals surface area contributed by atoms with Gasteiger partial charge in [0, 0.05) is 25.8 Å². The lowest BCUT2D eigenvalue weighted by Gasteiger charge is -2.33. The lowest BCUT2D eigenvalue weighted by molar-refractivity contribution is -0.134. The third-order valence-electron chi connectivity index (χ3n) is 5.10. The Bertz CT molecular complexity index is 511. The molecule has 1 aliphatic rings. The molecule has 0 heterocycles. The van der Waals surface area contributed by atoms with Crippen LogP contribution in [0.1, 0.15) is 57.6 Å². The average Bonchev–Trinajstić information content (AvgIpc) is 2.69. The van der Waals surface area contributed by atoms with E-state index in [1.807, 2.05) is 19.9 Å². The van der Waals surface area contributed by atoms with Crippen molar-refractivity contribution in [2.24, 2.45) is 5.92 Å². The molecule has 1 aromatic rings. The Hall–Kier alpha value is -1.30. The van der Waals surface area contributed by atoms with Crippen molar-refractivity contribution in [3.05, 3.63) is 23.8 Å². The molecule has 0 spiro atoms. The van der Waals surface area contributed by atoms with Crippen molar-refractivity contribution < 1.29 is 18.9 Å². The first-order chi connectivity index (χ1) is 12.7. The Labute approximate surface area is 158 Å². The van der Waals surface area contributed by atoms with Gasteiger partial charge < -0.3 is 24.3 Å². The van der Waals surface area contributed by atoms with Crippen LogP contribution in [0.4, 0.5) is 0 Å². The van der Waals surface area contributed by atoms with E-state index >= 15 is 0 Å². The summed E-state index contributed by atoms with van der Waals surface area (Å²) in [7, 11) is 3.36. The molecule has 0 unspecified atom stereocenters. The first-order valence-corrected chi connectivity index (χ1v) is 9.91. The van der Waals surface area contributed by atoms with Crippen molar-refractivity contribution >= 4 is 0 Å². The maximum absolute atomic E-state index is 5.71. The van der Waals surface area contributed by atoms with E-state index in [0.29, 0.717) is 25.7 Å². The molecular formula is C21H35NO4. The van der Waals surface area contributed by atoms with Gasteiger partial charge in [0.1, 0.15) is 0 Å². The van der Waals surface area contributed by atoms with E-state index in [9.17, 15) is 0 Å². The van der Waals surface area contributed by atoms with Crippen LogP contribution in [0.3, 0.4) is 0 Å². The monoisotopic (exact) mass is 365 g/mol. The second-order valence-corrected chi connectivity index (χ2v) is 6.74. The molecule has 0 radical (unpaired) electrons. The molecule has 1 saturated carbocycles. The predicted molar refractivity (Wildman–Crippen MR) is 104 cm³/mol. The second-order valence-electron chi connectivity index (χ2n) is 6.74. The first-order valence-electron chi connectivity index (χ1n) is 9.91. The van der Waals surface area contributed by atoms with Crippen LogP contribution in [-0.4, -0.2) is 40.3 Å². The molecule has 1 N–H and O–H groups in total. The van der Waals surface area contributed by atoms with Gasteiger partial charge in [0.15, 0.2) is 17.8 Å². The van der Waals surface area contributed by atoms with Crippen molar-refractivity contribution in [1.82, 2.24) is 5.32 Å². The lowest BCUT2D eigenvalue weighted by atomic mass is 9.81. The zero-order chi connectivity index (χ0) is 18.8. The van der Waals surface area contributed by atoms with Gasteiger partial charge in [-0.3, -0.25) is 0 Å². The third kappa shape index (κ3) is 5.86. The van der Waals surface area contributed by atoms with Gasteiger partial charge in [0.25, 0.3) is 0 Å². The minimum Gasteiger partial charge on any atom is -0.493 e. The van der Waals surface area contributed by atoms with Crippen LogP contribution in [0.25, 0.3) is 0 Å². The molecule has 26 heavy (non-hydrogen) atoms. The summed E-state index contributed by atoms with van der Waals surface area (Å²) in [5.74, 6) is 2.16. The van der Waals surface area contributed by atoms with Crippen LogP contribution >= 0.6 is 0 Å². The summed E-state index contributed by atoms with van der Waals surface area (Å²) in [6.45, 7) is 5.97. The van der Waals surface area contributed by atoms with Gasteiger partial charge in [-0.05, 0) is 50.3 Å². The van der Waals surface area contributed by atoms with Gasteiger partial charge >= 0.3 is 0 Å². The van der Waals surface area contributed by atoms with Crippen LogP contribution in [0.15, 0.2) is 18.2 Å². The van der Waals surface area contributed by atoms with Crippen molar-refractivity contribution in [3.63, 3.8) is 0 Å². The van der Waals surface area contributed by atoms with Gasteiger partial charge in [-0.2, -0.15) is 0 Å². The quantitative estimate of drug-likeness (QED) is 0.592. The highest BCUT2D eigenvalue weighted by molar-refractivity contribution is 5.44. The third-order valence-corrected chi connectivity index (χ3v) is 5.10. The molecule has 1 fully saturated rings. The van der Waals surface area contributed by atoms with Crippen LogP contribution < -0.4 is 14.8 Å². The Morgan fingerprint density at radius 2 is 1.62 bits per heavy atom. The standard InChI is InChI=1S/C21H35NO4/c1-5-25-20(26-6-2)15-22-21(16-10-8-7-9-11-16)17-12-13-18(23-3)19(14-17)24-4/h12-14,16,20-22H,5-11,15H2,1-4H3/t21-/m1/s1. The van der Waals surface area contributed by atoms with E-state index < -0.39 is 0 Å². The van der Waals surface area contributed by atoms with Crippen molar-refractivity contribution in [3.8, 4) is 11.5 Å². The SMILES string of the molecule is CCOC(CN[C@@H](c1ccc(OC)c(OC)c1)C1CCCCC1)OCC. The number of nitrogens with one attached hydrogen (secondary N) is 1. The molecule has 5 heteroatoms. The summed E-state index contributed by atoms with van der Waals surface area (Å²) >= 11 is 0. The van der Waals surface area contributed by atoms with Crippen molar-refractivity contribution in [2.45, 2.75) is 58.3 Å². The second kappa shape index (κ2) is 11.4. The molecule has 0 aliphatic heterocycles. The molecule has 1 aromatic carbocycles. The van der Waals surface area contributed by atoms with Gasteiger partial charge in [-0.1, -0.05) is 25.3 Å². The summed E-state index contributed by atoms with van der Waals surface area (Å²) in [4.78, 5) is 0. The average molecular weight is 366 g/mol. The van der Waals surface area contributed by atoms with Gasteiger partial charge in [-0.25, -0.2) is 0 Å². The molecule has 0 saturated heterocycles. The van der Waals surface area contributed by atoms with Crippen molar-refractivity contribution in [2.75, 3.05) is 34.0 Å². The van der Waals surface area contributed by atoms with Gasteiger partial charge in [0.2, 0.25) is 0 Å². The zero-order valence-corrected chi connectivity index (χ0v) is 16.8. The Balaban J connectivity index is 2.17. The molecule has 5 nitrogen and oxygen atoms in total. The predicted octanol–water partition coefficient (Wildman–Crippen LogP) is 4.31. The highest BCUT2D eigenvalue weighted by Gasteiger charge is 2.26. The molecule has 0 amide bonds. The Morgan fingerprint density at radius 1 is 0.962 bits per heavy atom. The minimum atomic E-state index is -0.212. The number of rotatable bonds is 11. The fourth-order valence-electron chi connectivity index (χ4n) is 3.83. The summed E-state index contributed by atoms with van der Waals surface area (Å²) in [6.07, 6.45) is 6.24. The van der Waals surface area contributed by atoms with E-state index in [4.69, 9.17) is 18.9 Å². The summed E-state index contributed by atoms with van der Waals surface area (Å²) in [5.41, 5.74) is 1.24.